The Morgan fingerprint density at radius 1 is 1.18 bits per heavy atom. The van der Waals surface area contributed by atoms with Crippen LogP contribution in [0.4, 0.5) is 0 Å². The summed E-state index contributed by atoms with van der Waals surface area (Å²) in [6, 6.07) is 0. The van der Waals surface area contributed by atoms with Crippen molar-refractivity contribution in [3.05, 3.63) is 11.6 Å². The second-order valence-corrected chi connectivity index (χ2v) is 2.79. The first-order valence-corrected chi connectivity index (χ1v) is 4.63. The fourth-order valence-electron chi connectivity index (χ4n) is 1.10. The monoisotopic (exact) mass is 156 g/mol. The van der Waals surface area contributed by atoms with E-state index in [0.29, 0.717) is 6.61 Å². The molecule has 0 spiro atoms. The topological polar surface area (TPSA) is 20.2 Å². The van der Waals surface area contributed by atoms with Gasteiger partial charge in [0.05, 0.1) is 0 Å². The van der Waals surface area contributed by atoms with Crippen LogP contribution in [0, 0.1) is 0 Å². The van der Waals surface area contributed by atoms with E-state index < -0.39 is 0 Å². The first-order chi connectivity index (χ1) is 5.35. The highest BCUT2D eigenvalue weighted by Crippen LogP contribution is 2.08. The summed E-state index contributed by atoms with van der Waals surface area (Å²) < 4.78 is 0. The van der Waals surface area contributed by atoms with Crippen LogP contribution in [0.5, 0.6) is 0 Å². The van der Waals surface area contributed by atoms with Crippen molar-refractivity contribution in [2.45, 2.75) is 46.0 Å². The van der Waals surface area contributed by atoms with Gasteiger partial charge in [0.15, 0.2) is 0 Å². The molecule has 0 aromatic carbocycles. The molecular formula is C10H20O. The summed E-state index contributed by atoms with van der Waals surface area (Å²) in [7, 11) is 0. The van der Waals surface area contributed by atoms with Gasteiger partial charge < -0.3 is 5.11 Å². The number of rotatable bonds is 6. The van der Waals surface area contributed by atoms with Crippen LogP contribution in [0.3, 0.4) is 0 Å². The molecular weight excluding hydrogens is 136 g/mol. The minimum atomic E-state index is 0.335. The Labute approximate surface area is 70.1 Å². The van der Waals surface area contributed by atoms with Gasteiger partial charge in [0.2, 0.25) is 0 Å². The lowest BCUT2D eigenvalue weighted by atomic mass is 10.1. The summed E-state index contributed by atoms with van der Waals surface area (Å²) in [6.45, 7) is 4.73. The molecule has 1 nitrogen and oxygen atoms in total. The number of hydrogen-bond acceptors (Lipinski definition) is 1. The van der Waals surface area contributed by atoms with Crippen LogP contribution < -0.4 is 0 Å². The molecule has 0 aliphatic heterocycles. The Hall–Kier alpha value is -0.300. The van der Waals surface area contributed by atoms with E-state index in [4.69, 9.17) is 5.11 Å². The van der Waals surface area contributed by atoms with E-state index in [1.807, 2.05) is 0 Å². The van der Waals surface area contributed by atoms with Crippen molar-refractivity contribution in [1.29, 1.82) is 0 Å². The summed E-state index contributed by atoms with van der Waals surface area (Å²) in [5.41, 5.74) is 1.54. The fourth-order valence-corrected chi connectivity index (χ4v) is 1.10. The van der Waals surface area contributed by atoms with Crippen LogP contribution in [0.15, 0.2) is 11.6 Å². The highest BCUT2D eigenvalue weighted by atomic mass is 16.2. The van der Waals surface area contributed by atoms with Gasteiger partial charge in [-0.1, -0.05) is 25.5 Å². The van der Waals surface area contributed by atoms with Crippen molar-refractivity contribution < 1.29 is 5.11 Å². The van der Waals surface area contributed by atoms with Crippen LogP contribution >= 0.6 is 0 Å². The fraction of sp³-hybridized carbons (Fsp3) is 0.800. The van der Waals surface area contributed by atoms with Crippen LogP contribution in [0.1, 0.15) is 46.0 Å². The Morgan fingerprint density at radius 3 is 2.27 bits per heavy atom. The normalized spacial score (nSPS) is 9.73. The zero-order valence-corrected chi connectivity index (χ0v) is 7.77. The Balaban J connectivity index is 3.37. The third-order valence-electron chi connectivity index (χ3n) is 1.95. The van der Waals surface area contributed by atoms with Crippen molar-refractivity contribution in [1.82, 2.24) is 0 Å². The third kappa shape index (κ3) is 6.11. The Kier molecular flexibility index (Phi) is 7.59. The van der Waals surface area contributed by atoms with Crippen molar-refractivity contribution in [2.24, 2.45) is 0 Å². The van der Waals surface area contributed by atoms with Crippen molar-refractivity contribution in [3.63, 3.8) is 0 Å². The van der Waals surface area contributed by atoms with Crippen LogP contribution in [0.2, 0.25) is 0 Å². The second kappa shape index (κ2) is 7.80. The summed E-state index contributed by atoms with van der Waals surface area (Å²) in [4.78, 5) is 0. The molecule has 0 fully saturated rings. The molecule has 0 heterocycles. The molecule has 0 saturated carbocycles. The minimum Gasteiger partial charge on any atom is -0.396 e. The maximum Gasteiger partial charge on any atom is 0.0431 e. The average Bonchev–Trinajstić information content (AvgIpc) is 2.05. The standard InChI is InChI=1S/C10H20O/c1-3-10(4-2)8-6-5-7-9-11/h8,11H,3-7,9H2,1-2H3. The molecule has 0 aromatic heterocycles. The molecule has 0 atom stereocenters. The largest absolute Gasteiger partial charge is 0.396 e. The smallest absolute Gasteiger partial charge is 0.0431 e. The maximum atomic E-state index is 8.53. The molecule has 0 saturated heterocycles. The zero-order valence-electron chi connectivity index (χ0n) is 7.77. The third-order valence-corrected chi connectivity index (χ3v) is 1.95. The first-order valence-electron chi connectivity index (χ1n) is 4.63. The summed E-state index contributed by atoms with van der Waals surface area (Å²) in [5.74, 6) is 0. The van der Waals surface area contributed by atoms with Gasteiger partial charge in [0.25, 0.3) is 0 Å². The van der Waals surface area contributed by atoms with E-state index >= 15 is 0 Å². The van der Waals surface area contributed by atoms with Gasteiger partial charge in [-0.2, -0.15) is 0 Å². The van der Waals surface area contributed by atoms with Crippen molar-refractivity contribution in [2.75, 3.05) is 6.61 Å². The Bertz CT molecular complexity index is 99.4. The molecule has 66 valence electrons. The molecule has 0 aliphatic carbocycles. The van der Waals surface area contributed by atoms with E-state index in [0.717, 1.165) is 19.3 Å². The van der Waals surface area contributed by atoms with E-state index in [1.54, 1.807) is 5.57 Å². The highest BCUT2D eigenvalue weighted by molar-refractivity contribution is 4.99. The number of allylic oxidation sites excluding steroid dienone is 2. The minimum absolute atomic E-state index is 0.335. The molecule has 0 unspecified atom stereocenters. The molecule has 1 N–H and O–H groups in total. The summed E-state index contributed by atoms with van der Waals surface area (Å²) in [6.07, 6.45) is 7.87. The van der Waals surface area contributed by atoms with E-state index in [-0.39, 0.29) is 0 Å². The molecule has 0 radical (unpaired) electrons. The second-order valence-electron chi connectivity index (χ2n) is 2.79. The lowest BCUT2D eigenvalue weighted by Crippen LogP contribution is -1.82. The van der Waals surface area contributed by atoms with Gasteiger partial charge in [0, 0.05) is 6.61 Å². The van der Waals surface area contributed by atoms with Crippen LogP contribution in [-0.4, -0.2) is 11.7 Å². The molecule has 0 amide bonds. The van der Waals surface area contributed by atoms with Gasteiger partial charge in [-0.15, -0.1) is 0 Å². The van der Waals surface area contributed by atoms with Gasteiger partial charge in [-0.3, -0.25) is 0 Å². The lowest BCUT2D eigenvalue weighted by molar-refractivity contribution is 0.285. The van der Waals surface area contributed by atoms with Crippen molar-refractivity contribution >= 4 is 0 Å². The van der Waals surface area contributed by atoms with Gasteiger partial charge in [-0.05, 0) is 32.1 Å². The number of hydrogen-bond donors (Lipinski definition) is 1. The van der Waals surface area contributed by atoms with Gasteiger partial charge in [0.1, 0.15) is 0 Å². The predicted molar refractivity (Wildman–Crippen MR) is 49.6 cm³/mol. The van der Waals surface area contributed by atoms with Crippen LogP contribution in [-0.2, 0) is 0 Å². The van der Waals surface area contributed by atoms with Crippen molar-refractivity contribution in [3.8, 4) is 0 Å². The molecule has 0 rings (SSSR count). The van der Waals surface area contributed by atoms with E-state index in [2.05, 4.69) is 19.9 Å². The molecule has 0 aliphatic rings. The molecule has 0 bridgehead atoms. The highest BCUT2D eigenvalue weighted by Gasteiger charge is 1.89. The molecule has 11 heavy (non-hydrogen) atoms. The van der Waals surface area contributed by atoms with Gasteiger partial charge >= 0.3 is 0 Å². The number of aliphatic hydroxyl groups excluding tert-OH is 1. The number of unbranched alkanes of at least 4 members (excludes halogenated alkanes) is 2. The molecule has 0 aromatic rings. The van der Waals surface area contributed by atoms with Gasteiger partial charge in [-0.25, -0.2) is 0 Å². The van der Waals surface area contributed by atoms with E-state index in [1.165, 1.54) is 12.8 Å². The summed E-state index contributed by atoms with van der Waals surface area (Å²) in [5, 5.41) is 8.53. The Morgan fingerprint density at radius 2 is 1.82 bits per heavy atom. The quantitative estimate of drug-likeness (QED) is 0.463. The first kappa shape index (κ1) is 10.7. The van der Waals surface area contributed by atoms with E-state index in [9.17, 15) is 0 Å². The zero-order chi connectivity index (χ0) is 8.53. The number of aliphatic hydroxyl groups is 1. The predicted octanol–water partition coefficient (Wildman–Crippen LogP) is 2.90. The average molecular weight is 156 g/mol. The maximum absolute atomic E-state index is 8.53. The summed E-state index contributed by atoms with van der Waals surface area (Å²) >= 11 is 0. The SMILES string of the molecule is CCC(=CCCCCO)CC. The van der Waals surface area contributed by atoms with Crippen LogP contribution in [0.25, 0.3) is 0 Å². The molecule has 1 heteroatoms. The lowest BCUT2D eigenvalue weighted by Gasteiger charge is -1.99.